The Morgan fingerprint density at radius 1 is 1.13 bits per heavy atom. The first kappa shape index (κ1) is 10.3. The van der Waals surface area contributed by atoms with Crippen LogP contribution in [0.25, 0.3) is 0 Å². The summed E-state index contributed by atoms with van der Waals surface area (Å²) in [6.45, 7) is 2.63. The first-order chi connectivity index (χ1) is 7.35. The molecule has 1 aliphatic heterocycles. The van der Waals surface area contributed by atoms with Gasteiger partial charge in [-0.2, -0.15) is 0 Å². The first-order valence-electron chi connectivity index (χ1n) is 5.37. The predicted molar refractivity (Wildman–Crippen MR) is 57.3 cm³/mol. The van der Waals surface area contributed by atoms with Gasteiger partial charge in [0.1, 0.15) is 0 Å². The smallest absolute Gasteiger partial charge is 0.231 e. The van der Waals surface area contributed by atoms with Crippen molar-refractivity contribution in [3.8, 4) is 11.5 Å². The minimum absolute atomic E-state index is 0.177. The van der Waals surface area contributed by atoms with E-state index in [1.54, 1.807) is 0 Å². The summed E-state index contributed by atoms with van der Waals surface area (Å²) in [6.07, 6.45) is 2.80. The summed E-state index contributed by atoms with van der Waals surface area (Å²) >= 11 is 0. The third-order valence-corrected chi connectivity index (χ3v) is 2.60. The molecular formula is C12H16O3. The van der Waals surface area contributed by atoms with Crippen LogP contribution in [0.15, 0.2) is 12.1 Å². The van der Waals surface area contributed by atoms with Crippen LogP contribution in [-0.2, 0) is 12.8 Å². The third-order valence-electron chi connectivity index (χ3n) is 2.60. The van der Waals surface area contributed by atoms with Gasteiger partial charge in [-0.1, -0.05) is 13.3 Å². The molecular weight excluding hydrogens is 192 g/mol. The normalized spacial score (nSPS) is 13.2. The van der Waals surface area contributed by atoms with Crippen molar-refractivity contribution in [2.24, 2.45) is 0 Å². The van der Waals surface area contributed by atoms with Crippen LogP contribution >= 0.6 is 0 Å². The highest BCUT2D eigenvalue weighted by atomic mass is 16.7. The lowest BCUT2D eigenvalue weighted by Gasteiger charge is -2.09. The second-order valence-corrected chi connectivity index (χ2v) is 3.70. The molecule has 0 unspecified atom stereocenters. The topological polar surface area (TPSA) is 38.7 Å². The highest BCUT2D eigenvalue weighted by molar-refractivity contribution is 5.48. The molecule has 1 aliphatic rings. The molecule has 0 radical (unpaired) electrons. The standard InChI is InChI=1S/C12H16O3/c1-2-3-9-6-11-12(15-8-14-11)7-10(9)4-5-13/h6-7,13H,2-5,8H2,1H3. The number of aryl methyl sites for hydroxylation is 1. The van der Waals surface area contributed by atoms with Crippen molar-refractivity contribution in [1.29, 1.82) is 0 Å². The van der Waals surface area contributed by atoms with Gasteiger partial charge in [0.2, 0.25) is 6.79 Å². The lowest BCUT2D eigenvalue weighted by Crippen LogP contribution is -1.97. The van der Waals surface area contributed by atoms with E-state index in [4.69, 9.17) is 14.6 Å². The van der Waals surface area contributed by atoms with E-state index < -0.39 is 0 Å². The zero-order chi connectivity index (χ0) is 10.7. The van der Waals surface area contributed by atoms with Crippen molar-refractivity contribution in [1.82, 2.24) is 0 Å². The maximum Gasteiger partial charge on any atom is 0.231 e. The summed E-state index contributed by atoms with van der Waals surface area (Å²) in [5.74, 6) is 1.64. The van der Waals surface area contributed by atoms with Crippen LogP contribution in [0.3, 0.4) is 0 Å². The molecule has 0 aromatic heterocycles. The van der Waals surface area contributed by atoms with Crippen molar-refractivity contribution >= 4 is 0 Å². The Balaban J connectivity index is 2.33. The van der Waals surface area contributed by atoms with Crippen molar-refractivity contribution in [3.63, 3.8) is 0 Å². The van der Waals surface area contributed by atoms with E-state index in [9.17, 15) is 0 Å². The summed E-state index contributed by atoms with van der Waals surface area (Å²) < 4.78 is 10.6. The molecule has 0 atom stereocenters. The summed E-state index contributed by atoms with van der Waals surface area (Å²) in [7, 11) is 0. The molecule has 15 heavy (non-hydrogen) atoms. The van der Waals surface area contributed by atoms with E-state index in [0.29, 0.717) is 13.2 Å². The van der Waals surface area contributed by atoms with Crippen LogP contribution in [0.5, 0.6) is 11.5 Å². The van der Waals surface area contributed by atoms with E-state index in [0.717, 1.165) is 24.3 Å². The maximum atomic E-state index is 8.99. The highest BCUT2D eigenvalue weighted by Crippen LogP contribution is 2.35. The van der Waals surface area contributed by atoms with Gasteiger partial charge >= 0.3 is 0 Å². The van der Waals surface area contributed by atoms with Crippen LogP contribution in [0.2, 0.25) is 0 Å². The Hall–Kier alpha value is -1.22. The molecule has 0 amide bonds. The van der Waals surface area contributed by atoms with Crippen LogP contribution < -0.4 is 9.47 Å². The van der Waals surface area contributed by atoms with Crippen LogP contribution in [0, 0.1) is 0 Å². The number of fused-ring (bicyclic) bond motifs is 1. The fourth-order valence-corrected chi connectivity index (χ4v) is 1.88. The average Bonchev–Trinajstić information content (AvgIpc) is 2.66. The molecule has 2 rings (SSSR count). The Bertz CT molecular complexity index is 314. The maximum absolute atomic E-state index is 8.99. The second kappa shape index (κ2) is 4.53. The van der Waals surface area contributed by atoms with Gasteiger partial charge in [0, 0.05) is 6.61 Å². The minimum atomic E-state index is 0.177. The quantitative estimate of drug-likeness (QED) is 0.821. The van der Waals surface area contributed by atoms with Crippen molar-refractivity contribution in [3.05, 3.63) is 23.3 Å². The number of hydrogen-bond acceptors (Lipinski definition) is 3. The average molecular weight is 208 g/mol. The molecule has 1 heterocycles. The van der Waals surface area contributed by atoms with Crippen LogP contribution in [0.4, 0.5) is 0 Å². The number of ether oxygens (including phenoxy) is 2. The van der Waals surface area contributed by atoms with E-state index in [2.05, 4.69) is 6.92 Å². The van der Waals surface area contributed by atoms with Crippen molar-refractivity contribution in [2.45, 2.75) is 26.2 Å². The molecule has 0 spiro atoms. The molecule has 1 aromatic rings. The summed E-state index contributed by atoms with van der Waals surface area (Å²) in [5, 5.41) is 8.99. The zero-order valence-corrected chi connectivity index (χ0v) is 8.95. The zero-order valence-electron chi connectivity index (χ0n) is 8.95. The van der Waals surface area contributed by atoms with Gasteiger partial charge in [-0.05, 0) is 36.1 Å². The minimum Gasteiger partial charge on any atom is -0.454 e. The first-order valence-corrected chi connectivity index (χ1v) is 5.37. The van der Waals surface area contributed by atoms with Crippen molar-refractivity contribution in [2.75, 3.05) is 13.4 Å². The molecule has 0 saturated carbocycles. The fraction of sp³-hybridized carbons (Fsp3) is 0.500. The number of aliphatic hydroxyl groups is 1. The van der Waals surface area contributed by atoms with Gasteiger partial charge in [-0.15, -0.1) is 0 Å². The van der Waals surface area contributed by atoms with Gasteiger partial charge < -0.3 is 14.6 Å². The van der Waals surface area contributed by atoms with E-state index in [1.807, 2.05) is 12.1 Å². The second-order valence-electron chi connectivity index (χ2n) is 3.70. The highest BCUT2D eigenvalue weighted by Gasteiger charge is 2.16. The lowest BCUT2D eigenvalue weighted by molar-refractivity contribution is 0.174. The third kappa shape index (κ3) is 2.07. The molecule has 3 nitrogen and oxygen atoms in total. The molecule has 0 fully saturated rings. The van der Waals surface area contributed by atoms with Crippen LogP contribution in [-0.4, -0.2) is 18.5 Å². The summed E-state index contributed by atoms with van der Waals surface area (Å²) in [4.78, 5) is 0. The van der Waals surface area contributed by atoms with Crippen LogP contribution in [0.1, 0.15) is 24.5 Å². The molecule has 0 saturated heterocycles. The van der Waals surface area contributed by atoms with Gasteiger partial charge in [0.05, 0.1) is 0 Å². The number of benzene rings is 1. The van der Waals surface area contributed by atoms with E-state index in [-0.39, 0.29) is 6.61 Å². The summed E-state index contributed by atoms with van der Waals surface area (Å²) in [6, 6.07) is 4.03. The summed E-state index contributed by atoms with van der Waals surface area (Å²) in [5.41, 5.74) is 2.43. The molecule has 1 aromatic carbocycles. The number of aliphatic hydroxyl groups excluding tert-OH is 1. The van der Waals surface area contributed by atoms with Crippen molar-refractivity contribution < 1.29 is 14.6 Å². The molecule has 0 aliphatic carbocycles. The van der Waals surface area contributed by atoms with E-state index >= 15 is 0 Å². The fourth-order valence-electron chi connectivity index (χ4n) is 1.88. The molecule has 0 bridgehead atoms. The molecule has 82 valence electrons. The van der Waals surface area contributed by atoms with E-state index in [1.165, 1.54) is 11.1 Å². The predicted octanol–water partition coefficient (Wildman–Crippen LogP) is 1.90. The number of hydrogen-bond donors (Lipinski definition) is 1. The molecule has 3 heteroatoms. The van der Waals surface area contributed by atoms with Gasteiger partial charge in [-0.3, -0.25) is 0 Å². The largest absolute Gasteiger partial charge is 0.454 e. The number of rotatable bonds is 4. The SMILES string of the molecule is CCCc1cc2c(cc1CCO)OCO2. The lowest BCUT2D eigenvalue weighted by atomic mass is 10.00. The Morgan fingerprint density at radius 2 is 1.73 bits per heavy atom. The Labute approximate surface area is 89.6 Å². The van der Waals surface area contributed by atoms with Gasteiger partial charge in [0.25, 0.3) is 0 Å². The van der Waals surface area contributed by atoms with Gasteiger partial charge in [0.15, 0.2) is 11.5 Å². The Kier molecular flexibility index (Phi) is 3.11. The monoisotopic (exact) mass is 208 g/mol. The molecule has 1 N–H and O–H groups in total. The Morgan fingerprint density at radius 3 is 2.27 bits per heavy atom. The van der Waals surface area contributed by atoms with Gasteiger partial charge in [-0.25, -0.2) is 0 Å².